The number of carboxylic acid groups (broad SMARTS) is 1. The van der Waals surface area contributed by atoms with Gasteiger partial charge in [0.2, 0.25) is 5.91 Å². The predicted octanol–water partition coefficient (Wildman–Crippen LogP) is 2.98. The van der Waals surface area contributed by atoms with Crippen LogP contribution in [0.4, 0.5) is 0 Å². The van der Waals surface area contributed by atoms with Gasteiger partial charge in [0.15, 0.2) is 6.04 Å². The summed E-state index contributed by atoms with van der Waals surface area (Å²) in [6.07, 6.45) is 4.63. The van der Waals surface area contributed by atoms with Gasteiger partial charge in [-0.1, -0.05) is 42.2 Å². The molecule has 0 saturated heterocycles. The van der Waals surface area contributed by atoms with E-state index in [-0.39, 0.29) is 11.8 Å². The lowest BCUT2D eigenvalue weighted by molar-refractivity contribution is -0.142. The Morgan fingerprint density at radius 3 is 2.14 bits per heavy atom. The Kier molecular flexibility index (Phi) is 3.94. The Balaban J connectivity index is 1.75. The van der Waals surface area contributed by atoms with Gasteiger partial charge < -0.3 is 10.4 Å². The fraction of sp³-hybridized carbons (Fsp3) is 0.556. The van der Waals surface area contributed by atoms with Crippen LogP contribution in [-0.2, 0) is 9.59 Å². The molecular formula is C18H23NO3. The van der Waals surface area contributed by atoms with E-state index in [4.69, 9.17) is 0 Å². The first-order valence-corrected chi connectivity index (χ1v) is 8.09. The van der Waals surface area contributed by atoms with Gasteiger partial charge in [0.25, 0.3) is 0 Å². The van der Waals surface area contributed by atoms with Crippen LogP contribution in [-0.4, -0.2) is 17.0 Å². The smallest absolute Gasteiger partial charge is 0.330 e. The van der Waals surface area contributed by atoms with E-state index in [9.17, 15) is 14.7 Å². The molecule has 3 unspecified atom stereocenters. The van der Waals surface area contributed by atoms with Gasteiger partial charge in [0.05, 0.1) is 0 Å². The van der Waals surface area contributed by atoms with E-state index in [2.05, 4.69) is 5.32 Å². The first kappa shape index (κ1) is 15.1. The van der Waals surface area contributed by atoms with Gasteiger partial charge in [0, 0.05) is 5.92 Å². The molecule has 22 heavy (non-hydrogen) atoms. The topological polar surface area (TPSA) is 66.4 Å². The number of hydrogen-bond donors (Lipinski definition) is 2. The second-order valence-electron chi connectivity index (χ2n) is 6.84. The van der Waals surface area contributed by atoms with Crippen LogP contribution >= 0.6 is 0 Å². The molecular weight excluding hydrogens is 278 g/mol. The van der Waals surface area contributed by atoms with Gasteiger partial charge in [-0.05, 0) is 44.1 Å². The Bertz CT molecular complexity index is 578. The average molecular weight is 301 g/mol. The average Bonchev–Trinajstić information content (AvgIpc) is 3.17. The first-order valence-electron chi connectivity index (χ1n) is 8.09. The number of aryl methyl sites for hydroxylation is 2. The van der Waals surface area contributed by atoms with Crippen molar-refractivity contribution in [1.82, 2.24) is 5.32 Å². The maximum Gasteiger partial charge on any atom is 0.330 e. The van der Waals surface area contributed by atoms with E-state index in [1.165, 1.54) is 12.8 Å². The maximum atomic E-state index is 12.5. The van der Waals surface area contributed by atoms with Crippen LogP contribution in [0.15, 0.2) is 18.2 Å². The van der Waals surface area contributed by atoms with E-state index in [0.717, 1.165) is 24.0 Å². The number of aliphatic carboxylic acids is 1. The number of nitrogens with one attached hydrogen (secondary N) is 1. The molecule has 0 aliphatic heterocycles. The number of carbonyl (C=O) groups excluding carboxylic acids is 1. The molecule has 2 aliphatic carbocycles. The number of benzene rings is 1. The number of fused-ring (bicyclic) bond motifs is 1. The van der Waals surface area contributed by atoms with E-state index in [1.54, 1.807) is 0 Å². The van der Waals surface area contributed by atoms with Gasteiger partial charge in [-0.2, -0.15) is 0 Å². The van der Waals surface area contributed by atoms with Gasteiger partial charge in [0.1, 0.15) is 0 Å². The van der Waals surface area contributed by atoms with E-state index in [0.29, 0.717) is 17.4 Å². The summed E-state index contributed by atoms with van der Waals surface area (Å²) in [6.45, 7) is 3.87. The minimum atomic E-state index is -0.998. The molecule has 0 radical (unpaired) electrons. The number of carboxylic acids is 1. The summed E-state index contributed by atoms with van der Waals surface area (Å²) in [6, 6.07) is 4.73. The molecule has 2 saturated carbocycles. The summed E-state index contributed by atoms with van der Waals surface area (Å²) >= 11 is 0. The third kappa shape index (κ3) is 2.87. The Morgan fingerprint density at radius 2 is 1.64 bits per heavy atom. The standard InChI is InChI=1S/C18H23NO3/c1-10-7-11(2)9-12(8-10)16(18(21)22)19-17(20)15-13-5-3-4-6-14(13)15/h7-9,13-16H,3-6H2,1-2H3,(H,19,20)(H,21,22). The highest BCUT2D eigenvalue weighted by Crippen LogP contribution is 2.55. The highest BCUT2D eigenvalue weighted by Gasteiger charge is 2.55. The van der Waals surface area contributed by atoms with Crippen molar-refractivity contribution >= 4 is 11.9 Å². The van der Waals surface area contributed by atoms with E-state index in [1.807, 2.05) is 32.0 Å². The largest absolute Gasteiger partial charge is 0.479 e. The molecule has 1 aromatic carbocycles. The number of carbonyl (C=O) groups is 2. The van der Waals surface area contributed by atoms with Gasteiger partial charge in [-0.25, -0.2) is 4.79 Å². The third-order valence-corrected chi connectivity index (χ3v) is 5.07. The van der Waals surface area contributed by atoms with Gasteiger partial charge in [-0.15, -0.1) is 0 Å². The number of rotatable bonds is 4. The first-order chi connectivity index (χ1) is 10.5. The van der Waals surface area contributed by atoms with Gasteiger partial charge >= 0.3 is 5.97 Å². The highest BCUT2D eigenvalue weighted by atomic mass is 16.4. The maximum absolute atomic E-state index is 12.5. The molecule has 0 bridgehead atoms. The van der Waals surface area contributed by atoms with Crippen LogP contribution in [0.2, 0.25) is 0 Å². The predicted molar refractivity (Wildman–Crippen MR) is 83.4 cm³/mol. The number of hydrogen-bond acceptors (Lipinski definition) is 2. The van der Waals surface area contributed by atoms with Crippen LogP contribution in [0.3, 0.4) is 0 Å². The van der Waals surface area contributed by atoms with Crippen molar-refractivity contribution in [2.75, 3.05) is 0 Å². The summed E-state index contributed by atoms with van der Waals surface area (Å²) in [5, 5.41) is 12.3. The van der Waals surface area contributed by atoms with Crippen molar-refractivity contribution in [2.45, 2.75) is 45.6 Å². The molecule has 0 heterocycles. The summed E-state index contributed by atoms with van der Waals surface area (Å²) in [5.74, 6) is -0.0643. The highest BCUT2D eigenvalue weighted by molar-refractivity contribution is 5.88. The monoisotopic (exact) mass is 301 g/mol. The second-order valence-corrected chi connectivity index (χ2v) is 6.84. The molecule has 3 atom stereocenters. The van der Waals surface area contributed by atoms with Crippen molar-refractivity contribution in [2.24, 2.45) is 17.8 Å². The molecule has 118 valence electrons. The normalized spacial score (nSPS) is 27.6. The summed E-state index contributed by atoms with van der Waals surface area (Å²) < 4.78 is 0. The zero-order valence-electron chi connectivity index (χ0n) is 13.1. The minimum absolute atomic E-state index is 0.0373. The van der Waals surface area contributed by atoms with Crippen molar-refractivity contribution in [3.05, 3.63) is 34.9 Å². The van der Waals surface area contributed by atoms with Crippen molar-refractivity contribution in [3.63, 3.8) is 0 Å². The Labute approximate surface area is 130 Å². The zero-order chi connectivity index (χ0) is 15.9. The second kappa shape index (κ2) is 5.75. The van der Waals surface area contributed by atoms with Crippen molar-refractivity contribution < 1.29 is 14.7 Å². The van der Waals surface area contributed by atoms with Crippen LogP contribution in [0.5, 0.6) is 0 Å². The van der Waals surface area contributed by atoms with Crippen LogP contribution in [0, 0.1) is 31.6 Å². The van der Waals surface area contributed by atoms with Crippen LogP contribution in [0.25, 0.3) is 0 Å². The molecule has 2 aliphatic rings. The summed E-state index contributed by atoms with van der Waals surface area (Å²) in [4.78, 5) is 24.1. The SMILES string of the molecule is Cc1cc(C)cc(C(NC(=O)C2C3CCCCC32)C(=O)O)c1. The van der Waals surface area contributed by atoms with Crippen molar-refractivity contribution in [3.8, 4) is 0 Å². The quantitative estimate of drug-likeness (QED) is 0.898. The Hall–Kier alpha value is -1.84. The fourth-order valence-electron chi connectivity index (χ4n) is 4.08. The molecule has 2 N–H and O–H groups in total. The molecule has 1 aromatic rings. The fourth-order valence-corrected chi connectivity index (χ4v) is 4.08. The molecule has 4 nitrogen and oxygen atoms in total. The van der Waals surface area contributed by atoms with Crippen LogP contribution in [0.1, 0.15) is 48.4 Å². The van der Waals surface area contributed by atoms with E-state index < -0.39 is 12.0 Å². The lowest BCUT2D eigenvalue weighted by Crippen LogP contribution is -2.35. The molecule has 1 amide bonds. The number of amides is 1. The lowest BCUT2D eigenvalue weighted by atomic mass is 10.0. The van der Waals surface area contributed by atoms with Crippen LogP contribution < -0.4 is 5.32 Å². The minimum Gasteiger partial charge on any atom is -0.479 e. The molecule has 2 fully saturated rings. The summed E-state index contributed by atoms with van der Waals surface area (Å²) in [7, 11) is 0. The zero-order valence-corrected chi connectivity index (χ0v) is 13.1. The molecule has 0 aromatic heterocycles. The third-order valence-electron chi connectivity index (χ3n) is 5.07. The summed E-state index contributed by atoms with van der Waals surface area (Å²) in [5.41, 5.74) is 2.67. The molecule has 0 spiro atoms. The van der Waals surface area contributed by atoms with E-state index >= 15 is 0 Å². The van der Waals surface area contributed by atoms with Gasteiger partial charge in [-0.3, -0.25) is 4.79 Å². The molecule has 3 rings (SSSR count). The lowest BCUT2D eigenvalue weighted by Gasteiger charge is -2.16. The molecule has 4 heteroatoms. The Morgan fingerprint density at radius 1 is 1.09 bits per heavy atom. The van der Waals surface area contributed by atoms with Crippen molar-refractivity contribution in [1.29, 1.82) is 0 Å².